The van der Waals surface area contributed by atoms with Crippen molar-refractivity contribution >= 4 is 243 Å². The molecule has 0 saturated carbocycles. The maximum absolute atomic E-state index is 6.19. The molecule has 29 rings (SSSR count). The highest BCUT2D eigenvalue weighted by molar-refractivity contribution is 7.27. The second kappa shape index (κ2) is 36.0. The molecule has 0 spiro atoms. The maximum atomic E-state index is 6.19. The fraction of sp³-hybridized carbons (Fsp3) is 0. The minimum Gasteiger partial charge on any atom is -0.456 e. The first-order chi connectivity index (χ1) is 70.8. The zero-order valence-corrected chi connectivity index (χ0v) is 80.6. The van der Waals surface area contributed by atoms with Gasteiger partial charge in [-0.25, -0.2) is 0 Å². The number of fused-ring (bicyclic) bond motifs is 20. The number of benzene rings is 23. The van der Waals surface area contributed by atoms with Gasteiger partial charge >= 0.3 is 0 Å². The summed E-state index contributed by atoms with van der Waals surface area (Å²) >= 11 is 7.49. The van der Waals surface area contributed by atoms with Crippen LogP contribution in [0.1, 0.15) is 0 Å². The summed E-state index contributed by atoms with van der Waals surface area (Å²) in [6, 6.07) is 186. The van der Waals surface area contributed by atoms with Gasteiger partial charge in [0.25, 0.3) is 0 Å². The standard InChI is InChI=1S/2C46H29NOS.C42H27NS2/c1-2-11-36-32(9-1)10-7-16-42(36)47(35-27-28-44-41(29-35)38-12-3-5-17-43(38)48-44)34-25-23-31(24-26-34)30-19-21-33(22-20-30)37-14-8-15-40-39-13-4-6-18-45(39)49-46(37)40;1-2-9-34-28-36(25-22-30(34)8-1)47(37-26-27-44-42(29-37)39-10-3-5-14-43(39)48-44)35-23-20-32(21-24-35)31-16-18-33(19-17-31)38-12-7-13-41-40-11-4-6-15-45(40)49-46(38)41;1-2-9-31(10-3-1)43(33-25-26-41-38(27-33)36-12-5-6-15-39(36)44-41)32-23-21-29(22-24-32)28-17-19-30(20-18-28)34-13-8-14-37-35-11-4-7-16-40(35)45-42(34)37/h2*1-29H;1-27H. The van der Waals surface area contributed by atoms with Crippen LogP contribution < -0.4 is 14.7 Å². The minimum absolute atomic E-state index is 0.894. The highest BCUT2D eigenvalue weighted by Gasteiger charge is 2.24. The molecular weight excluding hydrogens is 1810 g/mol. The van der Waals surface area contributed by atoms with Crippen molar-refractivity contribution in [1.29, 1.82) is 0 Å². The lowest BCUT2D eigenvalue weighted by atomic mass is 9.98. The lowest BCUT2D eigenvalue weighted by Gasteiger charge is -2.27. The summed E-state index contributed by atoms with van der Waals surface area (Å²) in [6.07, 6.45) is 0. The van der Waals surface area contributed by atoms with Crippen molar-refractivity contribution in [3.05, 3.63) is 516 Å². The Kier molecular flexibility index (Phi) is 21.3. The molecule has 0 aliphatic carbocycles. The number of rotatable bonds is 15. The minimum atomic E-state index is 0.894. The van der Waals surface area contributed by atoms with E-state index in [0.29, 0.717) is 0 Å². The van der Waals surface area contributed by atoms with Crippen molar-refractivity contribution in [2.24, 2.45) is 0 Å². The fourth-order valence-corrected chi connectivity index (χ4v) is 25.8. The first kappa shape index (κ1) is 84.7. The lowest BCUT2D eigenvalue weighted by molar-refractivity contribution is 0.668. The molecule has 0 fully saturated rings. The van der Waals surface area contributed by atoms with Crippen molar-refractivity contribution in [3.8, 4) is 66.8 Å². The summed E-state index contributed by atoms with van der Waals surface area (Å²) in [5, 5.41) is 19.9. The van der Waals surface area contributed by atoms with Gasteiger partial charge in [-0.2, -0.15) is 0 Å². The van der Waals surface area contributed by atoms with Crippen molar-refractivity contribution in [2.75, 3.05) is 14.7 Å². The van der Waals surface area contributed by atoms with E-state index in [1.807, 2.05) is 69.6 Å². The Balaban J connectivity index is 0.000000107. The molecule has 29 aromatic rings. The molecule has 5 nitrogen and oxygen atoms in total. The van der Waals surface area contributed by atoms with E-state index in [0.717, 1.165) is 95.1 Å². The third-order valence-corrected chi connectivity index (χ3v) is 32.9. The van der Waals surface area contributed by atoms with Gasteiger partial charge in [-0.1, -0.05) is 358 Å². The molecular formula is C134H85N3O2S4. The summed E-state index contributed by atoms with van der Waals surface area (Å²) in [7, 11) is 0. The Bertz CT molecular complexity index is 9910. The Morgan fingerprint density at radius 2 is 0.420 bits per heavy atom. The first-order valence-electron chi connectivity index (χ1n) is 48.3. The molecule has 0 atom stereocenters. The van der Waals surface area contributed by atoms with Crippen LogP contribution in [-0.2, 0) is 0 Å². The monoisotopic (exact) mass is 1900 g/mol. The van der Waals surface area contributed by atoms with Crippen LogP contribution in [0, 0.1) is 0 Å². The van der Waals surface area contributed by atoms with E-state index in [1.54, 1.807) is 0 Å². The largest absolute Gasteiger partial charge is 0.456 e. The van der Waals surface area contributed by atoms with Crippen LogP contribution in [0.5, 0.6) is 0 Å². The normalized spacial score (nSPS) is 11.6. The van der Waals surface area contributed by atoms with E-state index in [1.165, 1.54) is 169 Å². The van der Waals surface area contributed by atoms with Crippen LogP contribution in [0.25, 0.3) is 213 Å². The van der Waals surface area contributed by atoms with Crippen molar-refractivity contribution in [1.82, 2.24) is 0 Å². The average Bonchev–Trinajstić information content (AvgIpc) is 1.72. The van der Waals surface area contributed by atoms with Gasteiger partial charge in [0.15, 0.2) is 0 Å². The molecule has 0 aliphatic heterocycles. The van der Waals surface area contributed by atoms with Gasteiger partial charge in [-0.05, 0) is 241 Å². The van der Waals surface area contributed by atoms with E-state index >= 15 is 0 Å². The molecule has 143 heavy (non-hydrogen) atoms. The molecule has 0 saturated heterocycles. The Labute approximate surface area is 841 Å². The number of para-hydroxylation sites is 3. The van der Waals surface area contributed by atoms with Crippen LogP contribution in [0.15, 0.2) is 524 Å². The third-order valence-electron chi connectivity index (χ3n) is 28.0. The molecule has 9 heteroatoms. The van der Waals surface area contributed by atoms with Gasteiger partial charge in [0, 0.05) is 153 Å². The van der Waals surface area contributed by atoms with E-state index in [2.05, 4.69) is 506 Å². The van der Waals surface area contributed by atoms with Crippen LogP contribution in [0.3, 0.4) is 0 Å². The topological polar surface area (TPSA) is 36.0 Å². The summed E-state index contributed by atoms with van der Waals surface area (Å²) in [5.74, 6) is 0. The lowest BCUT2D eigenvalue weighted by Crippen LogP contribution is -2.10. The molecule has 0 aliphatic rings. The Morgan fingerprint density at radius 3 is 0.881 bits per heavy atom. The van der Waals surface area contributed by atoms with E-state index in [4.69, 9.17) is 8.83 Å². The molecule has 6 heterocycles. The molecule has 0 radical (unpaired) electrons. The summed E-state index contributed by atoms with van der Waals surface area (Å²) in [4.78, 5) is 7.05. The van der Waals surface area contributed by atoms with Gasteiger partial charge in [-0.3, -0.25) is 0 Å². The van der Waals surface area contributed by atoms with Crippen molar-refractivity contribution < 1.29 is 8.83 Å². The molecule has 0 bridgehead atoms. The fourth-order valence-electron chi connectivity index (χ4n) is 21.0. The van der Waals surface area contributed by atoms with Crippen LogP contribution in [-0.4, -0.2) is 0 Å². The third kappa shape index (κ3) is 15.5. The van der Waals surface area contributed by atoms with E-state index in [9.17, 15) is 0 Å². The van der Waals surface area contributed by atoms with Crippen molar-refractivity contribution in [3.63, 3.8) is 0 Å². The summed E-state index contributed by atoms with van der Waals surface area (Å²) < 4.78 is 23.0. The quantitative estimate of drug-likeness (QED) is 0.102. The number of thiophene rings is 4. The highest BCUT2D eigenvalue weighted by Crippen LogP contribution is 2.50. The van der Waals surface area contributed by atoms with Gasteiger partial charge in [0.05, 0.1) is 5.69 Å². The Morgan fingerprint density at radius 1 is 0.140 bits per heavy atom. The second-order valence-corrected chi connectivity index (χ2v) is 40.7. The van der Waals surface area contributed by atoms with Gasteiger partial charge in [-0.15, -0.1) is 45.3 Å². The number of anilines is 9. The highest BCUT2D eigenvalue weighted by atomic mass is 32.1. The zero-order valence-electron chi connectivity index (χ0n) is 77.4. The number of furan rings is 2. The van der Waals surface area contributed by atoms with Crippen LogP contribution >= 0.6 is 45.3 Å². The van der Waals surface area contributed by atoms with Crippen molar-refractivity contribution in [2.45, 2.75) is 0 Å². The maximum Gasteiger partial charge on any atom is 0.135 e. The van der Waals surface area contributed by atoms with Gasteiger partial charge < -0.3 is 23.5 Å². The summed E-state index contributed by atoms with van der Waals surface area (Å²) in [5.41, 5.74) is 28.4. The zero-order chi connectivity index (χ0) is 94.4. The molecule has 672 valence electrons. The number of nitrogens with zero attached hydrogens (tertiary/aromatic N) is 3. The van der Waals surface area contributed by atoms with Gasteiger partial charge in [0.1, 0.15) is 22.3 Å². The van der Waals surface area contributed by atoms with Crippen LogP contribution in [0.2, 0.25) is 0 Å². The predicted octanol–water partition coefficient (Wildman–Crippen LogP) is 41.0. The van der Waals surface area contributed by atoms with E-state index in [-0.39, 0.29) is 0 Å². The van der Waals surface area contributed by atoms with Gasteiger partial charge in [0.2, 0.25) is 0 Å². The summed E-state index contributed by atoms with van der Waals surface area (Å²) in [6.45, 7) is 0. The SMILES string of the molecule is c1ccc(N(c2ccc(-c3ccc(-c4cccc5c4sc4ccccc45)cc3)cc2)c2ccc3sc4ccccc4c3c2)cc1.c1ccc2c(N(c3ccc(-c4ccc(-c5cccc6c5sc5ccccc56)cc4)cc3)c3ccc4oc5ccccc5c4c3)cccc2c1.c1ccc2cc(N(c3ccc(-c4ccc(-c5cccc6c5sc5ccccc56)cc4)cc3)c3ccc4oc5ccccc5c4c3)ccc2c1. The molecule has 0 N–H and O–H groups in total. The Hall–Kier alpha value is -17.5. The molecule has 6 aromatic heterocycles. The molecule has 0 amide bonds. The smallest absolute Gasteiger partial charge is 0.135 e. The van der Waals surface area contributed by atoms with E-state index < -0.39 is 0 Å². The number of hydrogen-bond donors (Lipinski definition) is 0. The number of hydrogen-bond acceptors (Lipinski definition) is 9. The predicted molar refractivity (Wildman–Crippen MR) is 617 cm³/mol. The average molecular weight is 1900 g/mol. The molecule has 0 unspecified atom stereocenters. The molecule has 23 aromatic carbocycles. The second-order valence-electron chi connectivity index (χ2n) is 36.4. The first-order valence-corrected chi connectivity index (χ1v) is 51.6. The van der Waals surface area contributed by atoms with Crippen LogP contribution in [0.4, 0.5) is 51.2 Å².